The van der Waals surface area contributed by atoms with Gasteiger partial charge in [0.1, 0.15) is 6.10 Å². The van der Waals surface area contributed by atoms with E-state index in [0.29, 0.717) is 30.0 Å². The van der Waals surface area contributed by atoms with Gasteiger partial charge in [0.2, 0.25) is 5.82 Å². The van der Waals surface area contributed by atoms with Gasteiger partial charge in [0, 0.05) is 29.8 Å². The largest absolute Gasteiger partial charge is 0.462 e. The molecule has 9 nitrogen and oxygen atoms in total. The molecule has 0 spiro atoms. The molecule has 4 unspecified atom stereocenters. The van der Waals surface area contributed by atoms with E-state index in [4.69, 9.17) is 4.74 Å². The van der Waals surface area contributed by atoms with Gasteiger partial charge in [-0.15, -0.1) is 10.2 Å². The number of nitrogens with one attached hydrogen (secondary N) is 1. The van der Waals surface area contributed by atoms with Gasteiger partial charge in [0.25, 0.3) is 5.56 Å². The highest BCUT2D eigenvalue weighted by molar-refractivity contribution is 5.80. The molecule has 2 aromatic heterocycles. The number of aromatic amines is 1. The number of aromatic nitrogens is 6. The first-order chi connectivity index (χ1) is 22.8. The van der Waals surface area contributed by atoms with Crippen LogP contribution in [0, 0.1) is 17.8 Å². The summed E-state index contributed by atoms with van der Waals surface area (Å²) in [6.07, 6.45) is 9.96. The van der Waals surface area contributed by atoms with E-state index >= 15 is 0 Å². The van der Waals surface area contributed by atoms with Crippen LogP contribution in [0.2, 0.25) is 0 Å². The lowest BCUT2D eigenvalue weighted by Gasteiger charge is -2.37. The van der Waals surface area contributed by atoms with E-state index in [1.54, 1.807) is 0 Å². The number of hydrogen-bond acceptors (Lipinski definition) is 6. The Hall–Kier alpha value is -4.01. The van der Waals surface area contributed by atoms with Crippen molar-refractivity contribution in [2.75, 3.05) is 0 Å². The van der Waals surface area contributed by atoms with Crippen molar-refractivity contribution in [2.24, 2.45) is 17.8 Å². The van der Waals surface area contributed by atoms with E-state index in [2.05, 4.69) is 83.3 Å². The van der Waals surface area contributed by atoms with E-state index in [1.807, 2.05) is 22.9 Å². The fraction of sp³-hybridized carbons (Fsp3) is 0.553. The molecule has 9 heteroatoms. The van der Waals surface area contributed by atoms with Crippen LogP contribution >= 0.6 is 0 Å². The molecule has 1 saturated carbocycles. The molecule has 0 amide bonds. The highest BCUT2D eigenvalue weighted by Crippen LogP contribution is 2.36. The van der Waals surface area contributed by atoms with Crippen molar-refractivity contribution in [1.29, 1.82) is 0 Å². The Kier molecular flexibility index (Phi) is 10.4. The lowest BCUT2D eigenvalue weighted by atomic mass is 9.75. The summed E-state index contributed by atoms with van der Waals surface area (Å²) in [5.74, 6) is 1.85. The van der Waals surface area contributed by atoms with Crippen LogP contribution in [-0.4, -0.2) is 42.1 Å². The summed E-state index contributed by atoms with van der Waals surface area (Å²) >= 11 is 0. The van der Waals surface area contributed by atoms with Crippen molar-refractivity contribution in [2.45, 2.75) is 117 Å². The first kappa shape index (κ1) is 32.9. The average molecular weight is 639 g/mol. The molecule has 0 bridgehead atoms. The van der Waals surface area contributed by atoms with Crippen molar-refractivity contribution in [3.05, 3.63) is 75.7 Å². The number of unbranched alkanes of at least 4 members (excludes halogenated alkanes) is 2. The predicted molar refractivity (Wildman–Crippen MR) is 184 cm³/mol. The summed E-state index contributed by atoms with van der Waals surface area (Å²) in [4.78, 5) is 27.7. The minimum Gasteiger partial charge on any atom is -0.462 e. The van der Waals surface area contributed by atoms with Crippen LogP contribution in [0.3, 0.4) is 0 Å². The number of carbonyl (C=O) groups is 1. The number of fused-ring (bicyclic) bond motifs is 1. The van der Waals surface area contributed by atoms with Crippen molar-refractivity contribution in [3.63, 3.8) is 0 Å². The first-order valence-electron chi connectivity index (χ1n) is 17.8. The standard InChI is InChI=1S/C38H50N6O3/c1-5-6-7-14-34-33(23-27-16-18-28(19-17-27)31-12-8-9-13-32(31)37-39-41-42-40-37)38(46)44-29(11-10-21-43(34)44)24-36(45)47-35-22-26(4)15-20-30(35)25(2)3/h8-9,12-13,16-19,25-26,29-30,35H,5-7,10-11,14-15,20-24H2,1-4H3,(H,39,40,41,42). The molecule has 47 heavy (non-hydrogen) atoms. The molecule has 2 aromatic carbocycles. The number of rotatable bonds is 12. The lowest BCUT2D eigenvalue weighted by Crippen LogP contribution is -2.38. The van der Waals surface area contributed by atoms with E-state index in [0.717, 1.165) is 91.4 Å². The molecule has 1 aliphatic heterocycles. The number of benzene rings is 2. The van der Waals surface area contributed by atoms with Gasteiger partial charge in [0.15, 0.2) is 0 Å². The van der Waals surface area contributed by atoms with Gasteiger partial charge in [-0.2, -0.15) is 5.21 Å². The number of ether oxygens (including phenoxy) is 1. The van der Waals surface area contributed by atoms with E-state index < -0.39 is 0 Å². The normalized spacial score (nSPS) is 21.1. The third kappa shape index (κ3) is 7.29. The van der Waals surface area contributed by atoms with Gasteiger partial charge in [-0.05, 0) is 78.2 Å². The van der Waals surface area contributed by atoms with Gasteiger partial charge in [-0.1, -0.05) is 95.5 Å². The molecule has 2 aliphatic rings. The van der Waals surface area contributed by atoms with Gasteiger partial charge in [0.05, 0.1) is 12.5 Å². The number of carbonyl (C=O) groups excluding carboxylic acids is 1. The summed E-state index contributed by atoms with van der Waals surface area (Å²) in [6.45, 7) is 9.75. The number of hydrogen-bond donors (Lipinski definition) is 1. The minimum atomic E-state index is -0.176. The Bertz CT molecular complexity index is 1690. The molecular formula is C38H50N6O3. The fourth-order valence-corrected chi connectivity index (χ4v) is 7.92. The van der Waals surface area contributed by atoms with Crippen molar-refractivity contribution >= 4 is 5.97 Å². The molecule has 1 N–H and O–H groups in total. The zero-order chi connectivity index (χ0) is 32.9. The number of esters is 1. The summed E-state index contributed by atoms with van der Waals surface area (Å²) in [7, 11) is 0. The SMILES string of the molecule is CCCCCc1c(Cc2ccc(-c3ccccc3-c3nn[nH]n3)cc2)c(=O)n2n1CCCC2CC(=O)OC1CC(C)CCC1C(C)C. The molecule has 250 valence electrons. The lowest BCUT2D eigenvalue weighted by molar-refractivity contribution is -0.157. The summed E-state index contributed by atoms with van der Waals surface area (Å²) in [5.41, 5.74) is 6.12. The van der Waals surface area contributed by atoms with Crippen molar-refractivity contribution in [1.82, 2.24) is 30.0 Å². The van der Waals surface area contributed by atoms with Crippen molar-refractivity contribution < 1.29 is 9.53 Å². The van der Waals surface area contributed by atoms with Crippen LogP contribution in [0.1, 0.15) is 108 Å². The molecule has 4 aromatic rings. The maximum atomic E-state index is 14.3. The van der Waals surface area contributed by atoms with E-state index in [1.165, 1.54) is 6.42 Å². The third-order valence-corrected chi connectivity index (χ3v) is 10.5. The monoisotopic (exact) mass is 638 g/mol. The van der Waals surface area contributed by atoms with Crippen LogP contribution in [0.15, 0.2) is 53.3 Å². The topological polar surface area (TPSA) is 108 Å². The van der Waals surface area contributed by atoms with Crippen LogP contribution in [0.5, 0.6) is 0 Å². The maximum Gasteiger partial charge on any atom is 0.308 e. The van der Waals surface area contributed by atoms with Crippen molar-refractivity contribution in [3.8, 4) is 22.5 Å². The Morgan fingerprint density at radius 3 is 2.55 bits per heavy atom. The Morgan fingerprint density at radius 2 is 1.83 bits per heavy atom. The molecule has 1 fully saturated rings. The third-order valence-electron chi connectivity index (χ3n) is 10.5. The van der Waals surface area contributed by atoms with Gasteiger partial charge >= 0.3 is 5.97 Å². The van der Waals surface area contributed by atoms with Crippen LogP contribution in [-0.2, 0) is 28.9 Å². The molecular weight excluding hydrogens is 588 g/mol. The second-order valence-corrected chi connectivity index (χ2v) is 14.2. The molecule has 3 heterocycles. The predicted octanol–water partition coefficient (Wildman–Crippen LogP) is 7.55. The number of nitrogens with zero attached hydrogens (tertiary/aromatic N) is 5. The van der Waals surface area contributed by atoms with Crippen LogP contribution in [0.4, 0.5) is 0 Å². The minimum absolute atomic E-state index is 0.0272. The summed E-state index contributed by atoms with van der Waals surface area (Å²) in [6, 6.07) is 16.3. The quantitative estimate of drug-likeness (QED) is 0.127. The van der Waals surface area contributed by atoms with Gasteiger partial charge < -0.3 is 4.74 Å². The van der Waals surface area contributed by atoms with Gasteiger partial charge in [-0.3, -0.25) is 14.3 Å². The van der Waals surface area contributed by atoms with Crippen LogP contribution < -0.4 is 5.56 Å². The smallest absolute Gasteiger partial charge is 0.308 e. The zero-order valence-corrected chi connectivity index (χ0v) is 28.5. The Morgan fingerprint density at radius 1 is 1.04 bits per heavy atom. The summed E-state index contributed by atoms with van der Waals surface area (Å²) < 4.78 is 10.3. The first-order valence-corrected chi connectivity index (χ1v) is 17.8. The zero-order valence-electron chi connectivity index (χ0n) is 28.5. The van der Waals surface area contributed by atoms with E-state index in [-0.39, 0.29) is 30.1 Å². The summed E-state index contributed by atoms with van der Waals surface area (Å²) in [5, 5.41) is 14.6. The molecule has 0 saturated heterocycles. The highest BCUT2D eigenvalue weighted by Gasteiger charge is 2.35. The Balaban J connectivity index is 1.25. The number of H-pyrrole nitrogens is 1. The second kappa shape index (κ2) is 14.8. The highest BCUT2D eigenvalue weighted by atomic mass is 16.5. The maximum absolute atomic E-state index is 14.3. The molecule has 4 atom stereocenters. The second-order valence-electron chi connectivity index (χ2n) is 14.2. The Labute approximate surface area is 278 Å². The number of tetrazole rings is 1. The molecule has 1 aliphatic carbocycles. The fourth-order valence-electron chi connectivity index (χ4n) is 7.92. The van der Waals surface area contributed by atoms with Crippen LogP contribution in [0.25, 0.3) is 22.5 Å². The van der Waals surface area contributed by atoms with Gasteiger partial charge in [-0.25, -0.2) is 4.68 Å². The molecule has 6 rings (SSSR count). The van der Waals surface area contributed by atoms with E-state index in [9.17, 15) is 9.59 Å². The molecule has 0 radical (unpaired) electrons. The average Bonchev–Trinajstić information content (AvgIpc) is 3.69.